The van der Waals surface area contributed by atoms with Gasteiger partial charge in [-0.05, 0) is 12.8 Å². The van der Waals surface area contributed by atoms with E-state index in [-0.39, 0.29) is 13.2 Å². The SMILES string of the molecule is CCCCCCCCCCCCOS(=O)(=O)OCCCC. The second-order valence-corrected chi connectivity index (χ2v) is 6.88. The third kappa shape index (κ3) is 16.1. The quantitative estimate of drug-likeness (QED) is 0.376. The molecule has 0 aromatic carbocycles. The summed E-state index contributed by atoms with van der Waals surface area (Å²) in [5.41, 5.74) is 0. The third-order valence-electron chi connectivity index (χ3n) is 3.45. The molecule has 0 amide bonds. The van der Waals surface area contributed by atoms with Crippen molar-refractivity contribution in [1.82, 2.24) is 0 Å². The molecule has 0 radical (unpaired) electrons. The van der Waals surface area contributed by atoms with Crippen LogP contribution in [0.4, 0.5) is 0 Å². The van der Waals surface area contributed by atoms with Gasteiger partial charge in [0.2, 0.25) is 0 Å². The highest BCUT2D eigenvalue weighted by atomic mass is 32.3. The van der Waals surface area contributed by atoms with Crippen molar-refractivity contribution >= 4 is 10.4 Å². The Morgan fingerprint density at radius 2 is 0.952 bits per heavy atom. The van der Waals surface area contributed by atoms with Crippen molar-refractivity contribution in [3.05, 3.63) is 0 Å². The lowest BCUT2D eigenvalue weighted by Gasteiger charge is -2.05. The molecule has 0 heterocycles. The maximum Gasteiger partial charge on any atom is 0.399 e. The van der Waals surface area contributed by atoms with Gasteiger partial charge in [-0.25, -0.2) is 8.37 Å². The minimum atomic E-state index is -3.76. The Morgan fingerprint density at radius 3 is 1.43 bits per heavy atom. The smallest absolute Gasteiger partial charge is 0.248 e. The molecule has 0 atom stereocenters. The van der Waals surface area contributed by atoms with Gasteiger partial charge in [-0.15, -0.1) is 0 Å². The topological polar surface area (TPSA) is 52.6 Å². The van der Waals surface area contributed by atoms with Gasteiger partial charge in [0.05, 0.1) is 13.2 Å². The van der Waals surface area contributed by atoms with E-state index in [1.807, 2.05) is 6.92 Å². The first-order valence-electron chi connectivity index (χ1n) is 8.66. The minimum Gasteiger partial charge on any atom is -0.248 e. The van der Waals surface area contributed by atoms with Crippen LogP contribution in [-0.2, 0) is 18.8 Å². The van der Waals surface area contributed by atoms with E-state index in [9.17, 15) is 8.42 Å². The van der Waals surface area contributed by atoms with Crippen molar-refractivity contribution in [2.75, 3.05) is 13.2 Å². The summed E-state index contributed by atoms with van der Waals surface area (Å²) in [6.07, 6.45) is 13.8. The fraction of sp³-hybridized carbons (Fsp3) is 1.00. The van der Waals surface area contributed by atoms with Crippen molar-refractivity contribution < 1.29 is 16.8 Å². The van der Waals surface area contributed by atoms with E-state index >= 15 is 0 Å². The van der Waals surface area contributed by atoms with E-state index in [4.69, 9.17) is 8.37 Å². The maximum absolute atomic E-state index is 11.3. The van der Waals surface area contributed by atoms with Crippen molar-refractivity contribution in [1.29, 1.82) is 0 Å². The Labute approximate surface area is 131 Å². The largest absolute Gasteiger partial charge is 0.399 e. The van der Waals surface area contributed by atoms with Gasteiger partial charge in [0.1, 0.15) is 0 Å². The molecular formula is C16H34O4S. The molecule has 128 valence electrons. The van der Waals surface area contributed by atoms with Gasteiger partial charge < -0.3 is 0 Å². The Balaban J connectivity index is 3.28. The Kier molecular flexibility index (Phi) is 14.7. The van der Waals surface area contributed by atoms with Crippen LogP contribution in [0.25, 0.3) is 0 Å². The predicted molar refractivity (Wildman–Crippen MR) is 87.6 cm³/mol. The van der Waals surface area contributed by atoms with E-state index in [1.165, 1.54) is 44.9 Å². The van der Waals surface area contributed by atoms with Crippen LogP contribution in [0.5, 0.6) is 0 Å². The Bertz CT molecular complexity index is 301. The van der Waals surface area contributed by atoms with Crippen molar-refractivity contribution in [3.8, 4) is 0 Å². The molecule has 4 nitrogen and oxygen atoms in total. The lowest BCUT2D eigenvalue weighted by Crippen LogP contribution is -2.11. The minimum absolute atomic E-state index is 0.219. The molecule has 0 spiro atoms. The fourth-order valence-corrected chi connectivity index (χ4v) is 2.80. The molecule has 21 heavy (non-hydrogen) atoms. The van der Waals surface area contributed by atoms with E-state index in [2.05, 4.69) is 6.92 Å². The molecule has 0 aliphatic carbocycles. The molecule has 0 rings (SSSR count). The van der Waals surface area contributed by atoms with Crippen LogP contribution in [0, 0.1) is 0 Å². The Hall–Kier alpha value is -0.130. The number of hydrogen-bond acceptors (Lipinski definition) is 4. The van der Waals surface area contributed by atoms with Crippen LogP contribution in [-0.4, -0.2) is 21.6 Å². The fourth-order valence-electron chi connectivity index (χ4n) is 2.09. The van der Waals surface area contributed by atoms with Crippen molar-refractivity contribution in [3.63, 3.8) is 0 Å². The third-order valence-corrected chi connectivity index (χ3v) is 4.36. The standard InChI is InChI=1S/C16H34O4S/c1-3-5-7-8-9-10-11-12-13-14-16-20-21(17,18)19-15-6-4-2/h3-16H2,1-2H3. The van der Waals surface area contributed by atoms with Crippen LogP contribution >= 0.6 is 0 Å². The summed E-state index contributed by atoms with van der Waals surface area (Å²) >= 11 is 0. The van der Waals surface area contributed by atoms with E-state index in [0.717, 1.165) is 32.1 Å². The van der Waals surface area contributed by atoms with Gasteiger partial charge in [-0.1, -0.05) is 78.1 Å². The van der Waals surface area contributed by atoms with E-state index < -0.39 is 10.4 Å². The van der Waals surface area contributed by atoms with Gasteiger partial charge in [-0.3, -0.25) is 0 Å². The first-order chi connectivity index (χ1) is 10.1. The van der Waals surface area contributed by atoms with E-state index in [1.54, 1.807) is 0 Å². The molecule has 0 unspecified atom stereocenters. The molecule has 0 aliphatic heterocycles. The molecule has 0 aromatic rings. The zero-order valence-corrected chi connectivity index (χ0v) is 14.8. The highest BCUT2D eigenvalue weighted by molar-refractivity contribution is 7.81. The van der Waals surface area contributed by atoms with Gasteiger partial charge >= 0.3 is 10.4 Å². The summed E-state index contributed by atoms with van der Waals surface area (Å²) in [4.78, 5) is 0. The molecule has 0 fully saturated rings. The van der Waals surface area contributed by atoms with Crippen molar-refractivity contribution in [2.45, 2.75) is 90.9 Å². The predicted octanol–water partition coefficient (Wildman–Crippen LogP) is 4.99. The van der Waals surface area contributed by atoms with Crippen LogP contribution in [0.3, 0.4) is 0 Å². The van der Waals surface area contributed by atoms with Crippen LogP contribution in [0.1, 0.15) is 90.9 Å². The summed E-state index contributed by atoms with van der Waals surface area (Å²) < 4.78 is 32.2. The second kappa shape index (κ2) is 14.8. The maximum atomic E-state index is 11.3. The molecule has 0 bridgehead atoms. The monoisotopic (exact) mass is 322 g/mol. The highest BCUT2D eigenvalue weighted by Crippen LogP contribution is 2.11. The van der Waals surface area contributed by atoms with Crippen LogP contribution in [0.2, 0.25) is 0 Å². The average molecular weight is 323 g/mol. The lowest BCUT2D eigenvalue weighted by atomic mass is 10.1. The zero-order valence-electron chi connectivity index (χ0n) is 13.9. The number of unbranched alkanes of at least 4 members (excludes halogenated alkanes) is 10. The first kappa shape index (κ1) is 20.9. The second-order valence-electron chi connectivity index (χ2n) is 5.59. The van der Waals surface area contributed by atoms with E-state index in [0.29, 0.717) is 0 Å². The number of rotatable bonds is 16. The molecule has 0 N–H and O–H groups in total. The normalized spacial score (nSPS) is 11.9. The molecule has 0 aliphatic rings. The van der Waals surface area contributed by atoms with Crippen molar-refractivity contribution in [2.24, 2.45) is 0 Å². The summed E-state index contributed by atoms with van der Waals surface area (Å²) in [5.74, 6) is 0. The van der Waals surface area contributed by atoms with Gasteiger partial charge in [0, 0.05) is 0 Å². The summed E-state index contributed by atoms with van der Waals surface area (Å²) in [6.45, 7) is 4.68. The first-order valence-corrected chi connectivity index (χ1v) is 9.99. The molecule has 5 heteroatoms. The van der Waals surface area contributed by atoms with Crippen LogP contribution in [0.15, 0.2) is 0 Å². The van der Waals surface area contributed by atoms with Crippen LogP contribution < -0.4 is 0 Å². The lowest BCUT2D eigenvalue weighted by molar-refractivity contribution is 0.209. The van der Waals surface area contributed by atoms with Gasteiger partial charge in [0.15, 0.2) is 0 Å². The molecule has 0 aromatic heterocycles. The van der Waals surface area contributed by atoms with Gasteiger partial charge in [-0.2, -0.15) is 8.42 Å². The summed E-state index contributed by atoms with van der Waals surface area (Å²) in [7, 11) is -3.76. The van der Waals surface area contributed by atoms with Gasteiger partial charge in [0.25, 0.3) is 0 Å². The highest BCUT2D eigenvalue weighted by Gasteiger charge is 2.10. The molecule has 0 saturated carbocycles. The zero-order chi connectivity index (χ0) is 15.8. The molecule has 0 saturated heterocycles. The summed E-state index contributed by atoms with van der Waals surface area (Å²) in [6, 6.07) is 0. The average Bonchev–Trinajstić information content (AvgIpc) is 2.45. The summed E-state index contributed by atoms with van der Waals surface area (Å²) in [5, 5.41) is 0. The molecular weight excluding hydrogens is 288 g/mol. The number of hydrogen-bond donors (Lipinski definition) is 0. The Morgan fingerprint density at radius 1 is 0.571 bits per heavy atom.